The summed E-state index contributed by atoms with van der Waals surface area (Å²) in [6.07, 6.45) is -0.0824. The van der Waals surface area contributed by atoms with Gasteiger partial charge in [0.2, 0.25) is 6.54 Å². The van der Waals surface area contributed by atoms with E-state index in [1.54, 1.807) is 19.1 Å². The molecule has 28 heavy (non-hydrogen) atoms. The Bertz CT molecular complexity index is 783. The first-order chi connectivity index (χ1) is 13.2. The lowest BCUT2D eigenvalue weighted by atomic mass is 9.88. The lowest BCUT2D eigenvalue weighted by molar-refractivity contribution is -0.490. The third-order valence-corrected chi connectivity index (χ3v) is 4.97. The van der Waals surface area contributed by atoms with Gasteiger partial charge in [-0.3, -0.25) is 24.5 Å². The van der Waals surface area contributed by atoms with Crippen molar-refractivity contribution in [2.24, 2.45) is 17.8 Å². The van der Waals surface area contributed by atoms with Gasteiger partial charge in [-0.1, -0.05) is 18.5 Å². The maximum atomic E-state index is 12.1. The molecule has 1 N–H and O–H groups in total. The molecule has 9 nitrogen and oxygen atoms in total. The van der Waals surface area contributed by atoms with E-state index in [0.717, 1.165) is 0 Å². The molecule has 0 bridgehead atoms. The van der Waals surface area contributed by atoms with Crippen molar-refractivity contribution in [2.75, 3.05) is 25.6 Å². The number of amides is 1. The third kappa shape index (κ3) is 5.66. The summed E-state index contributed by atoms with van der Waals surface area (Å²) in [4.78, 5) is 46.4. The summed E-state index contributed by atoms with van der Waals surface area (Å²) in [7, 11) is 1.43. The van der Waals surface area contributed by atoms with Gasteiger partial charge in [-0.2, -0.15) is 0 Å². The minimum Gasteiger partial charge on any atom is -0.495 e. The molecule has 1 amide bonds. The second-order valence-electron chi connectivity index (χ2n) is 6.69. The highest BCUT2D eigenvalue weighted by molar-refractivity contribution is 6.31. The molecular formula is C18H21ClN2O7. The summed E-state index contributed by atoms with van der Waals surface area (Å²) in [5.74, 6) is -2.62. The van der Waals surface area contributed by atoms with Crippen molar-refractivity contribution in [2.45, 2.75) is 19.8 Å². The predicted molar refractivity (Wildman–Crippen MR) is 99.8 cm³/mol. The number of nitrogens with zero attached hydrogens (tertiary/aromatic N) is 1. The highest BCUT2D eigenvalue weighted by atomic mass is 35.5. The van der Waals surface area contributed by atoms with E-state index < -0.39 is 35.2 Å². The lowest BCUT2D eigenvalue weighted by Gasteiger charge is -2.17. The molecule has 3 atom stereocenters. The second kappa shape index (κ2) is 9.50. The number of carbonyl (C=O) groups excluding carboxylic acids is 3. The summed E-state index contributed by atoms with van der Waals surface area (Å²) in [6, 6.07) is 4.66. The van der Waals surface area contributed by atoms with E-state index in [1.807, 2.05) is 0 Å². The van der Waals surface area contributed by atoms with E-state index in [2.05, 4.69) is 5.32 Å². The number of rotatable bonds is 8. The Morgan fingerprint density at radius 1 is 1.39 bits per heavy atom. The normalized spacial score (nSPS) is 21.2. The number of esters is 1. The van der Waals surface area contributed by atoms with Crippen molar-refractivity contribution in [1.82, 2.24) is 0 Å². The van der Waals surface area contributed by atoms with E-state index in [4.69, 9.17) is 21.1 Å². The van der Waals surface area contributed by atoms with Gasteiger partial charge in [-0.25, -0.2) is 0 Å². The molecule has 0 saturated heterocycles. The summed E-state index contributed by atoms with van der Waals surface area (Å²) in [5.41, 5.74) is 0.321. The maximum absolute atomic E-state index is 12.1. The van der Waals surface area contributed by atoms with Crippen LogP contribution in [0.15, 0.2) is 18.2 Å². The molecule has 0 aliphatic heterocycles. The number of nitro groups is 1. The van der Waals surface area contributed by atoms with E-state index in [-0.39, 0.29) is 31.1 Å². The van der Waals surface area contributed by atoms with Gasteiger partial charge in [0.25, 0.3) is 5.91 Å². The van der Waals surface area contributed by atoms with E-state index in [0.29, 0.717) is 16.5 Å². The third-order valence-electron chi connectivity index (χ3n) is 4.73. The minimum absolute atomic E-state index is 0.172. The monoisotopic (exact) mass is 412 g/mol. The first kappa shape index (κ1) is 21.6. The Morgan fingerprint density at radius 3 is 2.75 bits per heavy atom. The van der Waals surface area contributed by atoms with Gasteiger partial charge >= 0.3 is 5.97 Å². The number of ketones is 1. The van der Waals surface area contributed by atoms with Crippen molar-refractivity contribution in [3.8, 4) is 5.75 Å². The van der Waals surface area contributed by atoms with E-state index in [9.17, 15) is 24.5 Å². The van der Waals surface area contributed by atoms with Crippen LogP contribution in [0.3, 0.4) is 0 Å². The fourth-order valence-corrected chi connectivity index (χ4v) is 3.52. The molecular weight excluding hydrogens is 392 g/mol. The topological polar surface area (TPSA) is 125 Å². The van der Waals surface area contributed by atoms with Crippen LogP contribution in [-0.4, -0.2) is 42.8 Å². The molecule has 10 heteroatoms. The van der Waals surface area contributed by atoms with E-state index >= 15 is 0 Å². The van der Waals surface area contributed by atoms with Crippen LogP contribution in [0.25, 0.3) is 0 Å². The molecule has 0 unspecified atom stereocenters. The maximum Gasteiger partial charge on any atom is 0.307 e. The van der Waals surface area contributed by atoms with Crippen molar-refractivity contribution in [3.05, 3.63) is 33.3 Å². The first-order valence-corrected chi connectivity index (χ1v) is 9.02. The first-order valence-electron chi connectivity index (χ1n) is 8.64. The summed E-state index contributed by atoms with van der Waals surface area (Å²) < 4.78 is 10.0. The zero-order valence-corrected chi connectivity index (χ0v) is 16.2. The lowest BCUT2D eigenvalue weighted by Crippen LogP contribution is -2.28. The van der Waals surface area contributed by atoms with Crippen LogP contribution in [0.2, 0.25) is 5.02 Å². The molecule has 2 rings (SSSR count). The smallest absolute Gasteiger partial charge is 0.307 e. The minimum atomic E-state index is -0.760. The van der Waals surface area contributed by atoms with Crippen LogP contribution in [0.5, 0.6) is 5.75 Å². The van der Waals surface area contributed by atoms with Crippen LogP contribution in [0.1, 0.15) is 19.8 Å². The Hall–Kier alpha value is -2.68. The summed E-state index contributed by atoms with van der Waals surface area (Å²) >= 11 is 5.88. The van der Waals surface area contributed by atoms with Gasteiger partial charge in [0.15, 0.2) is 6.61 Å². The molecule has 1 aromatic carbocycles. The molecule has 0 spiro atoms. The highest BCUT2D eigenvalue weighted by Gasteiger charge is 2.44. The molecule has 1 aromatic rings. The average molecular weight is 413 g/mol. The van der Waals surface area contributed by atoms with Crippen LogP contribution in [0.4, 0.5) is 5.69 Å². The fraction of sp³-hybridized carbons (Fsp3) is 0.500. The predicted octanol–water partition coefficient (Wildman–Crippen LogP) is 2.34. The van der Waals surface area contributed by atoms with Gasteiger partial charge in [0.1, 0.15) is 11.5 Å². The number of halogens is 1. The zero-order valence-electron chi connectivity index (χ0n) is 15.5. The Labute approximate surface area is 166 Å². The number of ether oxygens (including phenoxy) is 2. The Kier molecular flexibility index (Phi) is 7.33. The van der Waals surface area contributed by atoms with Crippen molar-refractivity contribution in [1.29, 1.82) is 0 Å². The molecule has 0 heterocycles. The number of carbonyl (C=O) groups is 3. The van der Waals surface area contributed by atoms with Crippen LogP contribution < -0.4 is 10.1 Å². The molecule has 0 aromatic heterocycles. The summed E-state index contributed by atoms with van der Waals surface area (Å²) in [5, 5.41) is 13.7. The molecule has 152 valence electrons. The number of hydrogen-bond acceptors (Lipinski definition) is 7. The molecule has 1 fully saturated rings. The molecule has 1 aliphatic carbocycles. The van der Waals surface area contributed by atoms with Gasteiger partial charge in [0.05, 0.1) is 19.2 Å². The Balaban J connectivity index is 1.89. The molecule has 0 radical (unpaired) electrons. The van der Waals surface area contributed by atoms with Crippen molar-refractivity contribution >= 4 is 34.9 Å². The average Bonchev–Trinajstić information content (AvgIpc) is 2.86. The number of benzene rings is 1. The van der Waals surface area contributed by atoms with Gasteiger partial charge in [-0.05, 0) is 24.1 Å². The van der Waals surface area contributed by atoms with E-state index in [1.165, 1.54) is 13.2 Å². The van der Waals surface area contributed by atoms with Crippen molar-refractivity contribution < 1.29 is 28.8 Å². The highest BCUT2D eigenvalue weighted by Crippen LogP contribution is 2.36. The zero-order chi connectivity index (χ0) is 20.8. The number of Topliss-reactive ketones (excluding diaryl/α,β-unsaturated/α-hetero) is 1. The summed E-state index contributed by atoms with van der Waals surface area (Å²) in [6.45, 7) is 0.813. The SMILES string of the molecule is COc1ccc(Cl)cc1NC(=O)COC(=O)C[C@H]1C(=O)C[C@@H](C)[C@H]1C[N+](=O)[O-]. The standard InChI is InChI=1S/C18H21ClN2O7/c1-10-5-15(22)12(13(10)8-21(25)26)7-18(24)28-9-17(23)20-14-6-11(19)3-4-16(14)27-2/h3-4,6,10,12-13H,5,7-9H2,1-2H3,(H,20,23)/t10-,12-,13-/m1/s1. The fourth-order valence-electron chi connectivity index (χ4n) is 3.35. The largest absolute Gasteiger partial charge is 0.495 e. The van der Waals surface area contributed by atoms with Gasteiger partial charge < -0.3 is 14.8 Å². The Morgan fingerprint density at radius 2 is 2.11 bits per heavy atom. The van der Waals surface area contributed by atoms with Crippen LogP contribution in [0, 0.1) is 27.9 Å². The van der Waals surface area contributed by atoms with Crippen molar-refractivity contribution in [3.63, 3.8) is 0 Å². The number of nitrogens with one attached hydrogen (secondary N) is 1. The van der Waals surface area contributed by atoms with Crippen LogP contribution in [-0.2, 0) is 19.1 Å². The molecule has 1 saturated carbocycles. The quantitative estimate of drug-likeness (QED) is 0.394. The van der Waals surface area contributed by atoms with Crippen LogP contribution >= 0.6 is 11.6 Å². The van der Waals surface area contributed by atoms with Gasteiger partial charge in [0, 0.05) is 28.2 Å². The second-order valence-corrected chi connectivity index (χ2v) is 7.13. The number of methoxy groups -OCH3 is 1. The number of anilines is 1. The number of hydrogen-bond donors (Lipinski definition) is 1. The molecule has 1 aliphatic rings. The van der Waals surface area contributed by atoms with Gasteiger partial charge in [-0.15, -0.1) is 0 Å².